The Bertz CT molecular complexity index is 1340. The van der Waals surface area contributed by atoms with Crippen molar-refractivity contribution in [2.75, 3.05) is 25.0 Å². The Morgan fingerprint density at radius 2 is 1.77 bits per heavy atom. The normalized spacial score (nSPS) is 18.5. The van der Waals surface area contributed by atoms with Crippen LogP contribution in [-0.4, -0.2) is 47.1 Å². The summed E-state index contributed by atoms with van der Waals surface area (Å²) in [5.41, 5.74) is 2.60. The Hall–Kier alpha value is -4.07. The molecule has 2 aromatic carbocycles. The molecule has 39 heavy (non-hydrogen) atoms. The van der Waals surface area contributed by atoms with Crippen molar-refractivity contribution in [3.63, 3.8) is 0 Å². The number of unbranched alkanes of at least 4 members (excludes halogenated alkanes) is 1. The van der Waals surface area contributed by atoms with Gasteiger partial charge in [0.1, 0.15) is 11.8 Å². The van der Waals surface area contributed by atoms with Gasteiger partial charge < -0.3 is 24.8 Å². The van der Waals surface area contributed by atoms with Crippen LogP contribution in [-0.2, 0) is 17.8 Å². The number of fused-ring (bicyclic) bond motifs is 4. The van der Waals surface area contributed by atoms with Gasteiger partial charge in [0.25, 0.3) is 5.56 Å². The lowest BCUT2D eigenvalue weighted by atomic mass is 9.83. The fourth-order valence-electron chi connectivity index (χ4n) is 5.56. The molecule has 2 aliphatic heterocycles. The first-order chi connectivity index (χ1) is 19.0. The number of rotatable bonds is 9. The van der Waals surface area contributed by atoms with Crippen LogP contribution >= 0.6 is 0 Å². The standard InChI is InChI=1S/C31H36N4O4/c1-2-3-16-39-26-14-12-25(13-15-26)32-30(37)27(18-22-8-5-4-6-9-22)33-31(38)34-19-23-17-24(21-34)28-10-7-11-29(36)35(28)20-23/h4-15,23-24,27H,2-3,16-21H2,1H3,(H,32,37)(H,33,38)/t23-,24-,27-/m0/s1. The molecule has 1 fully saturated rings. The topological polar surface area (TPSA) is 92.7 Å². The van der Waals surface area contributed by atoms with Crippen LogP contribution in [0.4, 0.5) is 10.5 Å². The number of likely N-dealkylation sites (tertiary alicyclic amines) is 1. The third-order valence-electron chi connectivity index (χ3n) is 7.55. The van der Waals surface area contributed by atoms with Gasteiger partial charge in [-0.15, -0.1) is 0 Å². The van der Waals surface area contributed by atoms with Gasteiger partial charge in [0, 0.05) is 49.4 Å². The Labute approximate surface area is 229 Å². The number of hydrogen-bond donors (Lipinski definition) is 2. The molecule has 3 amide bonds. The molecule has 0 spiro atoms. The van der Waals surface area contributed by atoms with Crippen LogP contribution < -0.4 is 20.9 Å². The number of anilines is 1. The van der Waals surface area contributed by atoms with E-state index in [-0.39, 0.29) is 29.3 Å². The first-order valence-electron chi connectivity index (χ1n) is 13.8. The fourth-order valence-corrected chi connectivity index (χ4v) is 5.56. The maximum atomic E-state index is 13.5. The van der Waals surface area contributed by atoms with E-state index in [1.165, 1.54) is 0 Å². The molecular weight excluding hydrogens is 492 g/mol. The average molecular weight is 529 g/mol. The van der Waals surface area contributed by atoms with E-state index in [1.54, 1.807) is 17.0 Å². The Kier molecular flexibility index (Phi) is 8.30. The molecule has 0 radical (unpaired) electrons. The number of piperidine rings is 1. The average Bonchev–Trinajstić information content (AvgIpc) is 2.95. The van der Waals surface area contributed by atoms with Crippen LogP contribution in [0, 0.1) is 5.92 Å². The van der Waals surface area contributed by atoms with E-state index < -0.39 is 6.04 Å². The first kappa shape index (κ1) is 26.5. The second-order valence-electron chi connectivity index (χ2n) is 10.5. The largest absolute Gasteiger partial charge is 0.494 e. The fraction of sp³-hybridized carbons (Fsp3) is 0.387. The van der Waals surface area contributed by atoms with Crippen molar-refractivity contribution >= 4 is 17.6 Å². The summed E-state index contributed by atoms with van der Waals surface area (Å²) < 4.78 is 7.57. The molecule has 204 valence electrons. The summed E-state index contributed by atoms with van der Waals surface area (Å²) in [5.74, 6) is 0.800. The van der Waals surface area contributed by atoms with Crippen LogP contribution in [0.3, 0.4) is 0 Å². The molecule has 3 heterocycles. The highest BCUT2D eigenvalue weighted by Gasteiger charge is 2.37. The van der Waals surface area contributed by atoms with E-state index in [0.29, 0.717) is 38.3 Å². The molecule has 1 saturated heterocycles. The first-order valence-corrected chi connectivity index (χ1v) is 13.8. The lowest BCUT2D eigenvalue weighted by Crippen LogP contribution is -2.55. The quantitative estimate of drug-likeness (QED) is 0.403. The summed E-state index contributed by atoms with van der Waals surface area (Å²) in [6.07, 6.45) is 3.38. The monoisotopic (exact) mass is 528 g/mol. The molecule has 5 rings (SSSR count). The molecule has 2 aliphatic rings. The number of pyridine rings is 1. The molecular formula is C31H36N4O4. The third kappa shape index (κ3) is 6.50. The van der Waals surface area contributed by atoms with Gasteiger partial charge in [-0.25, -0.2) is 4.79 Å². The van der Waals surface area contributed by atoms with Gasteiger partial charge in [-0.2, -0.15) is 0 Å². The minimum atomic E-state index is -0.753. The highest BCUT2D eigenvalue weighted by atomic mass is 16.5. The molecule has 0 saturated carbocycles. The van der Waals surface area contributed by atoms with Crippen molar-refractivity contribution in [1.29, 1.82) is 0 Å². The predicted octanol–water partition coefficient (Wildman–Crippen LogP) is 4.41. The van der Waals surface area contributed by atoms with E-state index >= 15 is 0 Å². The van der Waals surface area contributed by atoms with Gasteiger partial charge in [0.2, 0.25) is 5.91 Å². The molecule has 0 unspecified atom stereocenters. The SMILES string of the molecule is CCCCOc1ccc(NC(=O)[C@H](Cc2ccccc2)NC(=O)N2C[C@@H]3C[C@@H](C2)c2cccc(=O)n2C3)cc1. The van der Waals surface area contributed by atoms with Crippen molar-refractivity contribution < 1.29 is 14.3 Å². The number of nitrogens with zero attached hydrogens (tertiary/aromatic N) is 2. The molecule has 2 bridgehead atoms. The number of hydrogen-bond acceptors (Lipinski definition) is 4. The maximum absolute atomic E-state index is 13.5. The zero-order valence-electron chi connectivity index (χ0n) is 22.3. The minimum absolute atomic E-state index is 0.0141. The Balaban J connectivity index is 1.27. The van der Waals surface area contributed by atoms with E-state index in [2.05, 4.69) is 17.6 Å². The lowest BCUT2D eigenvalue weighted by molar-refractivity contribution is -0.118. The minimum Gasteiger partial charge on any atom is -0.494 e. The third-order valence-corrected chi connectivity index (χ3v) is 7.55. The molecule has 1 aromatic heterocycles. The van der Waals surface area contributed by atoms with Crippen LogP contribution in [0.15, 0.2) is 77.6 Å². The second-order valence-corrected chi connectivity index (χ2v) is 10.5. The van der Waals surface area contributed by atoms with Crippen LogP contribution in [0.2, 0.25) is 0 Å². The summed E-state index contributed by atoms with van der Waals surface area (Å²) >= 11 is 0. The molecule has 0 aliphatic carbocycles. The summed E-state index contributed by atoms with van der Waals surface area (Å²) in [6.45, 7) is 4.47. The Morgan fingerprint density at radius 3 is 2.54 bits per heavy atom. The molecule has 3 aromatic rings. The van der Waals surface area contributed by atoms with Crippen molar-refractivity contribution in [1.82, 2.24) is 14.8 Å². The maximum Gasteiger partial charge on any atom is 0.318 e. The highest BCUT2D eigenvalue weighted by molar-refractivity contribution is 5.97. The van der Waals surface area contributed by atoms with Gasteiger partial charge in [0.15, 0.2) is 0 Å². The van der Waals surface area contributed by atoms with Gasteiger partial charge in [-0.1, -0.05) is 49.7 Å². The summed E-state index contributed by atoms with van der Waals surface area (Å²) in [4.78, 5) is 41.0. The smallest absolute Gasteiger partial charge is 0.318 e. The lowest BCUT2D eigenvalue weighted by Gasteiger charge is -2.43. The molecule has 2 N–H and O–H groups in total. The van der Waals surface area contributed by atoms with Gasteiger partial charge >= 0.3 is 6.03 Å². The summed E-state index contributed by atoms with van der Waals surface area (Å²) in [7, 11) is 0. The van der Waals surface area contributed by atoms with Crippen molar-refractivity contribution in [2.24, 2.45) is 5.92 Å². The Morgan fingerprint density at radius 1 is 0.974 bits per heavy atom. The number of benzene rings is 2. The van der Waals surface area contributed by atoms with Crippen LogP contribution in [0.5, 0.6) is 5.75 Å². The number of amides is 3. The number of carbonyl (C=O) groups is 2. The van der Waals surface area contributed by atoms with E-state index in [0.717, 1.165) is 36.3 Å². The van der Waals surface area contributed by atoms with Crippen molar-refractivity contribution in [3.8, 4) is 5.75 Å². The number of ether oxygens (including phenoxy) is 1. The second kappa shape index (κ2) is 12.2. The number of urea groups is 1. The number of nitrogens with one attached hydrogen (secondary N) is 2. The highest BCUT2D eigenvalue weighted by Crippen LogP contribution is 2.35. The molecule has 3 atom stereocenters. The van der Waals surface area contributed by atoms with Crippen LogP contribution in [0.25, 0.3) is 0 Å². The molecule has 8 heteroatoms. The zero-order chi connectivity index (χ0) is 27.2. The zero-order valence-corrected chi connectivity index (χ0v) is 22.3. The summed E-state index contributed by atoms with van der Waals surface area (Å²) in [6, 6.07) is 21.3. The van der Waals surface area contributed by atoms with Crippen LogP contribution in [0.1, 0.15) is 43.4 Å². The number of carbonyl (C=O) groups excluding carboxylic acids is 2. The number of aromatic nitrogens is 1. The van der Waals surface area contributed by atoms with E-state index in [1.807, 2.05) is 65.2 Å². The van der Waals surface area contributed by atoms with Crippen molar-refractivity contribution in [2.45, 2.75) is 51.1 Å². The van der Waals surface area contributed by atoms with E-state index in [4.69, 9.17) is 4.74 Å². The van der Waals surface area contributed by atoms with E-state index in [9.17, 15) is 14.4 Å². The van der Waals surface area contributed by atoms with Gasteiger partial charge in [-0.05, 0) is 54.7 Å². The van der Waals surface area contributed by atoms with Gasteiger partial charge in [-0.3, -0.25) is 9.59 Å². The predicted molar refractivity (Wildman–Crippen MR) is 151 cm³/mol. The molecule has 8 nitrogen and oxygen atoms in total. The summed E-state index contributed by atoms with van der Waals surface area (Å²) in [5, 5.41) is 5.97. The van der Waals surface area contributed by atoms with Gasteiger partial charge in [0.05, 0.1) is 6.61 Å². The van der Waals surface area contributed by atoms with Crippen molar-refractivity contribution in [3.05, 3.63) is 94.4 Å².